The molecule has 3 rings (SSSR count). The van der Waals surface area contributed by atoms with E-state index in [1.165, 1.54) is 0 Å². The Morgan fingerprint density at radius 1 is 0.966 bits per heavy atom. The molecule has 29 heavy (non-hydrogen) atoms. The van der Waals surface area contributed by atoms with Crippen LogP contribution in [0.15, 0.2) is 48.5 Å². The van der Waals surface area contributed by atoms with Crippen molar-refractivity contribution >= 4 is 17.7 Å². The first-order valence-electron chi connectivity index (χ1n) is 9.31. The molecule has 0 bridgehead atoms. The zero-order chi connectivity index (χ0) is 20.8. The highest BCUT2D eigenvalue weighted by Crippen LogP contribution is 2.14. The molecule has 152 valence electrons. The minimum absolute atomic E-state index is 0.106. The number of hydrogen-bond donors (Lipinski definition) is 2. The fourth-order valence-corrected chi connectivity index (χ4v) is 3.17. The average Bonchev–Trinajstić information content (AvgIpc) is 2.72. The third kappa shape index (κ3) is 5.37. The standard InChI is InChI=1S/C21H21F2N3O3/c22-15-6-7-17(18(23)12-15)21(29)25-16-8-10-26(11-9-16)19(27)13-24-20(28)14-4-2-1-3-5-14/h1-7,12,16H,8-11,13H2,(H,24,28)(H,25,29). The van der Waals surface area contributed by atoms with Crippen molar-refractivity contribution < 1.29 is 23.2 Å². The second-order valence-electron chi connectivity index (χ2n) is 6.80. The second-order valence-corrected chi connectivity index (χ2v) is 6.80. The number of halogens is 2. The highest BCUT2D eigenvalue weighted by Gasteiger charge is 2.25. The maximum Gasteiger partial charge on any atom is 0.254 e. The molecule has 2 aromatic rings. The summed E-state index contributed by atoms with van der Waals surface area (Å²) in [5, 5.41) is 5.32. The van der Waals surface area contributed by atoms with Gasteiger partial charge in [0.05, 0.1) is 12.1 Å². The van der Waals surface area contributed by atoms with Crippen LogP contribution in [0, 0.1) is 11.6 Å². The van der Waals surface area contributed by atoms with Crippen molar-refractivity contribution in [3.05, 3.63) is 71.3 Å². The number of carbonyl (C=O) groups excluding carboxylic acids is 3. The molecule has 0 unspecified atom stereocenters. The molecular weight excluding hydrogens is 380 g/mol. The number of benzene rings is 2. The lowest BCUT2D eigenvalue weighted by atomic mass is 10.0. The quantitative estimate of drug-likeness (QED) is 0.806. The molecule has 2 aromatic carbocycles. The van der Waals surface area contributed by atoms with E-state index in [1.54, 1.807) is 35.2 Å². The number of nitrogens with one attached hydrogen (secondary N) is 2. The lowest BCUT2D eigenvalue weighted by molar-refractivity contribution is -0.131. The van der Waals surface area contributed by atoms with Gasteiger partial charge in [0.25, 0.3) is 11.8 Å². The summed E-state index contributed by atoms with van der Waals surface area (Å²) in [7, 11) is 0. The highest BCUT2D eigenvalue weighted by molar-refractivity contribution is 5.96. The fraction of sp³-hybridized carbons (Fsp3) is 0.286. The van der Waals surface area contributed by atoms with Crippen LogP contribution in [0.3, 0.4) is 0 Å². The number of likely N-dealkylation sites (tertiary alicyclic amines) is 1. The van der Waals surface area contributed by atoms with Crippen LogP contribution in [0.1, 0.15) is 33.6 Å². The molecule has 8 heteroatoms. The Hall–Kier alpha value is -3.29. The lowest BCUT2D eigenvalue weighted by Crippen LogP contribution is -2.49. The maximum absolute atomic E-state index is 13.7. The van der Waals surface area contributed by atoms with Crippen molar-refractivity contribution in [3.8, 4) is 0 Å². The van der Waals surface area contributed by atoms with Gasteiger partial charge in [0.1, 0.15) is 11.6 Å². The van der Waals surface area contributed by atoms with Crippen molar-refractivity contribution in [2.75, 3.05) is 19.6 Å². The van der Waals surface area contributed by atoms with Gasteiger partial charge in [-0.15, -0.1) is 0 Å². The van der Waals surface area contributed by atoms with Gasteiger partial charge in [-0.05, 0) is 37.1 Å². The number of rotatable bonds is 5. The lowest BCUT2D eigenvalue weighted by Gasteiger charge is -2.32. The molecule has 0 radical (unpaired) electrons. The normalized spacial score (nSPS) is 14.3. The second kappa shape index (κ2) is 9.27. The van der Waals surface area contributed by atoms with Crippen molar-refractivity contribution in [2.24, 2.45) is 0 Å². The molecular formula is C21H21F2N3O3. The zero-order valence-electron chi connectivity index (χ0n) is 15.7. The smallest absolute Gasteiger partial charge is 0.254 e. The Morgan fingerprint density at radius 3 is 2.31 bits per heavy atom. The minimum atomic E-state index is -0.913. The first-order chi connectivity index (χ1) is 13.9. The number of nitrogens with zero attached hydrogens (tertiary/aromatic N) is 1. The van der Waals surface area contributed by atoms with E-state index in [0.29, 0.717) is 37.6 Å². The SMILES string of the molecule is O=C(NCC(=O)N1CCC(NC(=O)c2ccc(F)cc2F)CC1)c1ccccc1. The monoisotopic (exact) mass is 401 g/mol. The summed E-state index contributed by atoms with van der Waals surface area (Å²) in [5.41, 5.74) is 0.267. The molecule has 1 aliphatic rings. The molecule has 0 spiro atoms. The van der Waals surface area contributed by atoms with Crippen LogP contribution in [-0.4, -0.2) is 48.3 Å². The van der Waals surface area contributed by atoms with Crippen LogP contribution in [0.2, 0.25) is 0 Å². The van der Waals surface area contributed by atoms with Gasteiger partial charge in [-0.25, -0.2) is 8.78 Å². The first-order valence-corrected chi connectivity index (χ1v) is 9.31. The Bertz CT molecular complexity index is 897. The van der Waals surface area contributed by atoms with E-state index in [4.69, 9.17) is 0 Å². The van der Waals surface area contributed by atoms with E-state index in [1.807, 2.05) is 0 Å². The Balaban J connectivity index is 1.44. The third-order valence-corrected chi connectivity index (χ3v) is 4.79. The van der Waals surface area contributed by atoms with Gasteiger partial charge in [-0.3, -0.25) is 14.4 Å². The van der Waals surface area contributed by atoms with E-state index >= 15 is 0 Å². The van der Waals surface area contributed by atoms with E-state index in [2.05, 4.69) is 10.6 Å². The molecule has 1 heterocycles. The summed E-state index contributed by atoms with van der Waals surface area (Å²) in [5.74, 6) is -2.79. The molecule has 2 N–H and O–H groups in total. The predicted molar refractivity (Wildman–Crippen MR) is 102 cm³/mol. The van der Waals surface area contributed by atoms with Crippen LogP contribution < -0.4 is 10.6 Å². The number of amides is 3. The van der Waals surface area contributed by atoms with Gasteiger partial charge < -0.3 is 15.5 Å². The maximum atomic E-state index is 13.7. The molecule has 0 aliphatic carbocycles. The van der Waals surface area contributed by atoms with E-state index in [-0.39, 0.29) is 30.0 Å². The summed E-state index contributed by atoms with van der Waals surface area (Å²) in [4.78, 5) is 38.1. The van der Waals surface area contributed by atoms with E-state index in [0.717, 1.165) is 12.1 Å². The highest BCUT2D eigenvalue weighted by atomic mass is 19.1. The molecule has 0 saturated carbocycles. The van der Waals surface area contributed by atoms with Gasteiger partial charge in [-0.2, -0.15) is 0 Å². The molecule has 1 aliphatic heterocycles. The van der Waals surface area contributed by atoms with Gasteiger partial charge >= 0.3 is 0 Å². The van der Waals surface area contributed by atoms with Gasteiger partial charge in [0.2, 0.25) is 5.91 Å². The summed E-state index contributed by atoms with van der Waals surface area (Å²) in [6, 6.07) is 11.2. The summed E-state index contributed by atoms with van der Waals surface area (Å²) < 4.78 is 26.7. The van der Waals surface area contributed by atoms with Crippen molar-refractivity contribution in [1.29, 1.82) is 0 Å². The fourth-order valence-electron chi connectivity index (χ4n) is 3.17. The van der Waals surface area contributed by atoms with Crippen LogP contribution in [0.25, 0.3) is 0 Å². The van der Waals surface area contributed by atoms with Gasteiger partial charge in [0, 0.05) is 30.8 Å². The van der Waals surface area contributed by atoms with Gasteiger partial charge in [-0.1, -0.05) is 18.2 Å². The van der Waals surface area contributed by atoms with Crippen LogP contribution >= 0.6 is 0 Å². The largest absolute Gasteiger partial charge is 0.349 e. The molecule has 1 fully saturated rings. The van der Waals surface area contributed by atoms with Crippen molar-refractivity contribution in [3.63, 3.8) is 0 Å². The summed E-state index contributed by atoms with van der Waals surface area (Å²) in [6.07, 6.45) is 1.01. The predicted octanol–water partition coefficient (Wildman–Crippen LogP) is 2.12. The average molecular weight is 401 g/mol. The topological polar surface area (TPSA) is 78.5 Å². The molecule has 1 saturated heterocycles. The van der Waals surface area contributed by atoms with Crippen LogP contribution in [-0.2, 0) is 4.79 Å². The Labute approximate surface area is 166 Å². The summed E-state index contributed by atoms with van der Waals surface area (Å²) >= 11 is 0. The van der Waals surface area contributed by atoms with E-state index in [9.17, 15) is 23.2 Å². The third-order valence-electron chi connectivity index (χ3n) is 4.79. The van der Waals surface area contributed by atoms with Crippen molar-refractivity contribution in [1.82, 2.24) is 15.5 Å². The number of carbonyl (C=O) groups is 3. The minimum Gasteiger partial charge on any atom is -0.349 e. The van der Waals surface area contributed by atoms with Crippen molar-refractivity contribution in [2.45, 2.75) is 18.9 Å². The van der Waals surface area contributed by atoms with E-state index < -0.39 is 17.5 Å². The van der Waals surface area contributed by atoms with Gasteiger partial charge in [0.15, 0.2) is 0 Å². The van der Waals surface area contributed by atoms with Crippen LogP contribution in [0.5, 0.6) is 0 Å². The Morgan fingerprint density at radius 2 is 1.66 bits per heavy atom. The number of hydrogen-bond acceptors (Lipinski definition) is 3. The van der Waals surface area contributed by atoms with Crippen LogP contribution in [0.4, 0.5) is 8.78 Å². The molecule has 6 nitrogen and oxygen atoms in total. The molecule has 0 atom stereocenters. The molecule has 0 aromatic heterocycles. The first kappa shape index (κ1) is 20.4. The summed E-state index contributed by atoms with van der Waals surface area (Å²) in [6.45, 7) is 0.722. The molecule has 3 amide bonds. The Kier molecular flexibility index (Phi) is 6.54. The zero-order valence-corrected chi connectivity index (χ0v) is 15.7. The number of piperidine rings is 1.